The Hall–Kier alpha value is -1.93. The van der Waals surface area contributed by atoms with Crippen LogP contribution in [0.15, 0.2) is 54.6 Å². The van der Waals surface area contributed by atoms with Crippen molar-refractivity contribution >= 4 is 81.0 Å². The van der Waals surface area contributed by atoms with Crippen LogP contribution in [0.1, 0.15) is 21.8 Å². The zero-order valence-electron chi connectivity index (χ0n) is 17.7. The van der Waals surface area contributed by atoms with E-state index in [2.05, 4.69) is 10.6 Å². The van der Waals surface area contributed by atoms with Gasteiger partial charge in [0.05, 0.1) is 20.6 Å². The number of carbonyl (C=O) groups excluding carboxylic acids is 1. The Balaban J connectivity index is 1.27. The first kappa shape index (κ1) is 24.8. The van der Waals surface area contributed by atoms with Gasteiger partial charge in [0.1, 0.15) is 16.3 Å². The molecule has 1 saturated carbocycles. The van der Waals surface area contributed by atoms with Crippen LogP contribution >= 0.6 is 58.0 Å². The maximum Gasteiger partial charge on any atom is 0.257 e. The molecule has 1 heterocycles. The van der Waals surface area contributed by atoms with Crippen molar-refractivity contribution in [3.05, 3.63) is 86.6 Å². The highest BCUT2D eigenvalue weighted by Gasteiger charge is 2.72. The lowest BCUT2D eigenvalue weighted by Crippen LogP contribution is -2.15. The molecule has 1 aliphatic heterocycles. The predicted molar refractivity (Wildman–Crippen MR) is 140 cm³/mol. The smallest absolute Gasteiger partial charge is 0.257 e. The number of nitrogens with two attached hydrogens (primary N) is 1. The second-order valence-electron chi connectivity index (χ2n) is 8.44. The number of nitrogens with one attached hydrogen (secondary N) is 2. The monoisotopic (exact) mass is 573 g/mol. The summed E-state index contributed by atoms with van der Waals surface area (Å²) in [7, 11) is 0. The molecule has 3 aromatic rings. The number of nitrogen functional groups attached to an aromatic ring is 1. The number of hydrogen-bond acceptors (Lipinski definition) is 4. The summed E-state index contributed by atoms with van der Waals surface area (Å²) < 4.78 is 18.4. The third-order valence-corrected chi connectivity index (χ3v) is 8.03. The van der Waals surface area contributed by atoms with Crippen LogP contribution in [0.25, 0.3) is 0 Å². The Bertz CT molecular complexity index is 1320. The molecule has 1 unspecified atom stereocenters. The molecule has 5 rings (SSSR count). The Morgan fingerprint density at radius 2 is 1.69 bits per heavy atom. The van der Waals surface area contributed by atoms with Crippen LogP contribution in [0.2, 0.25) is 15.1 Å². The number of carbonyl (C=O) groups is 1. The molecule has 2 aliphatic rings. The Labute approximate surface area is 225 Å². The van der Waals surface area contributed by atoms with Gasteiger partial charge in [-0.1, -0.05) is 40.9 Å². The van der Waals surface area contributed by atoms with Crippen molar-refractivity contribution in [1.29, 1.82) is 0 Å². The van der Waals surface area contributed by atoms with E-state index in [1.165, 1.54) is 6.07 Å². The zero-order valence-corrected chi connectivity index (χ0v) is 21.4. The third kappa shape index (κ3) is 5.01. The van der Waals surface area contributed by atoms with E-state index >= 15 is 0 Å². The molecular formula is C24H17Cl5FN3O2. The Morgan fingerprint density at radius 3 is 2.40 bits per heavy atom. The first-order chi connectivity index (χ1) is 16.5. The minimum atomic E-state index is -1.00. The van der Waals surface area contributed by atoms with E-state index in [1.807, 2.05) is 6.07 Å². The van der Waals surface area contributed by atoms with Gasteiger partial charge < -0.3 is 21.1 Å². The second kappa shape index (κ2) is 9.18. The number of epoxide rings is 1. The van der Waals surface area contributed by atoms with E-state index in [0.29, 0.717) is 15.7 Å². The SMILES string of the molecule is Nc1cc(F)cc(NC(=O)c2cc(N[C@@H]3OC3[C@H]3[C@H](c4ccc(Cl)c(Cl)c4)C3(Cl)Cl)ccc2Cl)c1. The van der Waals surface area contributed by atoms with E-state index in [-0.39, 0.29) is 46.1 Å². The van der Waals surface area contributed by atoms with Crippen molar-refractivity contribution in [2.24, 2.45) is 5.92 Å². The fourth-order valence-corrected chi connectivity index (χ4v) is 5.65. The van der Waals surface area contributed by atoms with Crippen molar-refractivity contribution in [3.8, 4) is 0 Å². The van der Waals surface area contributed by atoms with Crippen molar-refractivity contribution in [1.82, 2.24) is 0 Å². The molecule has 1 aliphatic carbocycles. The first-order valence-electron chi connectivity index (χ1n) is 10.5. The summed E-state index contributed by atoms with van der Waals surface area (Å²) in [5, 5.41) is 6.93. The van der Waals surface area contributed by atoms with Crippen LogP contribution in [0, 0.1) is 11.7 Å². The highest BCUT2D eigenvalue weighted by atomic mass is 35.5. The first-order valence-corrected chi connectivity index (χ1v) is 12.4. The van der Waals surface area contributed by atoms with Gasteiger partial charge in [0.25, 0.3) is 5.91 Å². The zero-order chi connectivity index (χ0) is 25.1. The minimum Gasteiger partial charge on any atom is -0.399 e. The molecule has 35 heavy (non-hydrogen) atoms. The number of halogens is 6. The van der Waals surface area contributed by atoms with Gasteiger partial charge in [0.2, 0.25) is 0 Å². The largest absolute Gasteiger partial charge is 0.399 e. The minimum absolute atomic E-state index is 0.158. The van der Waals surface area contributed by atoms with Gasteiger partial charge in [0, 0.05) is 28.9 Å². The molecular weight excluding hydrogens is 559 g/mol. The average Bonchev–Trinajstić information content (AvgIpc) is 3.64. The summed E-state index contributed by atoms with van der Waals surface area (Å²) in [5.74, 6) is -1.40. The number of hydrogen-bond donors (Lipinski definition) is 3. The normalized spacial score (nSPS) is 24.1. The van der Waals surface area contributed by atoms with Gasteiger partial charge in [-0.15, -0.1) is 23.2 Å². The number of benzene rings is 3. The summed E-state index contributed by atoms with van der Waals surface area (Å²) in [6.07, 6.45) is -0.600. The van der Waals surface area contributed by atoms with E-state index in [1.54, 1.807) is 30.3 Å². The highest BCUT2D eigenvalue weighted by Crippen LogP contribution is 2.69. The topological polar surface area (TPSA) is 79.7 Å². The van der Waals surface area contributed by atoms with Crippen LogP contribution in [-0.4, -0.2) is 22.6 Å². The molecule has 3 aromatic carbocycles. The molecule has 1 saturated heterocycles. The lowest BCUT2D eigenvalue weighted by Gasteiger charge is -2.10. The fourth-order valence-electron chi connectivity index (χ4n) is 4.24. The second-order valence-corrected chi connectivity index (χ2v) is 11.1. The lowest BCUT2D eigenvalue weighted by molar-refractivity contribution is 0.102. The molecule has 1 amide bonds. The molecule has 0 radical (unpaired) electrons. The van der Waals surface area contributed by atoms with Crippen LogP contribution < -0.4 is 16.4 Å². The maximum atomic E-state index is 13.6. The van der Waals surface area contributed by atoms with Crippen molar-refractivity contribution in [3.63, 3.8) is 0 Å². The molecule has 0 spiro atoms. The van der Waals surface area contributed by atoms with E-state index < -0.39 is 16.1 Å². The molecule has 11 heteroatoms. The predicted octanol–water partition coefficient (Wildman–Crippen LogP) is 7.34. The number of anilines is 3. The Morgan fingerprint density at radius 1 is 0.943 bits per heavy atom. The van der Waals surface area contributed by atoms with Crippen molar-refractivity contribution in [2.75, 3.05) is 16.4 Å². The Kier molecular flexibility index (Phi) is 6.49. The van der Waals surface area contributed by atoms with Crippen LogP contribution in [0.5, 0.6) is 0 Å². The van der Waals surface area contributed by atoms with Crippen molar-refractivity contribution in [2.45, 2.75) is 22.6 Å². The van der Waals surface area contributed by atoms with Crippen LogP contribution in [0.3, 0.4) is 0 Å². The quantitative estimate of drug-likeness (QED) is 0.163. The standard InChI is InChI=1S/C24H17Cl5FN3O2/c25-16-4-2-13(9-15(16)22(34)32-14-7-11(30)6-12(31)8-14)33-23-21(35-23)20-19(24(20,28)29)10-1-3-17(26)18(27)5-10/h1-9,19-21,23,33H,31H2,(H,32,34)/t19-,20+,21?,23+/m0/s1. The van der Waals surface area contributed by atoms with E-state index in [0.717, 1.165) is 17.7 Å². The molecule has 2 fully saturated rings. The fraction of sp³-hybridized carbons (Fsp3) is 0.208. The van der Waals surface area contributed by atoms with Gasteiger partial charge in [-0.25, -0.2) is 4.39 Å². The highest BCUT2D eigenvalue weighted by molar-refractivity contribution is 6.52. The number of ether oxygens (including phenoxy) is 1. The summed E-state index contributed by atoms with van der Waals surface area (Å²) in [6.45, 7) is 0. The summed E-state index contributed by atoms with van der Waals surface area (Å²) in [6, 6.07) is 14.0. The van der Waals surface area contributed by atoms with E-state index in [4.69, 9.17) is 68.5 Å². The summed E-state index contributed by atoms with van der Waals surface area (Å²) >= 11 is 31.5. The lowest BCUT2D eigenvalue weighted by atomic mass is 10.1. The van der Waals surface area contributed by atoms with Crippen molar-refractivity contribution < 1.29 is 13.9 Å². The molecule has 182 valence electrons. The van der Waals surface area contributed by atoms with Gasteiger partial charge >= 0.3 is 0 Å². The van der Waals surface area contributed by atoms with Gasteiger partial charge in [-0.3, -0.25) is 4.79 Å². The van der Waals surface area contributed by atoms with Crippen LogP contribution in [-0.2, 0) is 4.74 Å². The van der Waals surface area contributed by atoms with E-state index in [9.17, 15) is 9.18 Å². The third-order valence-electron chi connectivity index (χ3n) is 5.99. The molecule has 4 N–H and O–H groups in total. The number of rotatable bonds is 6. The number of amides is 1. The average molecular weight is 576 g/mol. The molecule has 0 aromatic heterocycles. The van der Waals surface area contributed by atoms with Gasteiger partial charge in [-0.05, 0) is 54.1 Å². The molecule has 0 bridgehead atoms. The van der Waals surface area contributed by atoms with Gasteiger partial charge in [-0.2, -0.15) is 0 Å². The number of alkyl halides is 2. The molecule has 5 nitrogen and oxygen atoms in total. The van der Waals surface area contributed by atoms with Crippen LogP contribution in [0.4, 0.5) is 21.5 Å². The summed E-state index contributed by atoms with van der Waals surface area (Å²) in [5.41, 5.74) is 7.73. The molecule has 4 atom stereocenters. The maximum absolute atomic E-state index is 13.6. The summed E-state index contributed by atoms with van der Waals surface area (Å²) in [4.78, 5) is 12.8. The van der Waals surface area contributed by atoms with Gasteiger partial charge in [0.15, 0.2) is 6.23 Å².